The molecule has 0 radical (unpaired) electrons. The molecule has 0 unspecified atom stereocenters. The fourth-order valence-electron chi connectivity index (χ4n) is 4.03. The van der Waals surface area contributed by atoms with Crippen LogP contribution >= 0.6 is 11.3 Å². The molecule has 2 aromatic carbocycles. The number of rotatable bonds is 8. The number of thiophene rings is 1. The van der Waals surface area contributed by atoms with Crippen LogP contribution in [0.2, 0.25) is 0 Å². The molecule has 2 amide bonds. The molecule has 0 saturated heterocycles. The average Bonchev–Trinajstić information content (AvgIpc) is 3.25. The van der Waals surface area contributed by atoms with Gasteiger partial charge in [-0.1, -0.05) is 37.3 Å². The number of ether oxygens (including phenoxy) is 2. The van der Waals surface area contributed by atoms with Gasteiger partial charge in [0.05, 0.1) is 18.4 Å². The maximum absolute atomic E-state index is 12.6. The number of nitrogens with one attached hydrogen (secondary N) is 2. The molecule has 4 rings (SSSR count). The van der Waals surface area contributed by atoms with Crippen LogP contribution in [-0.2, 0) is 33.8 Å². The van der Waals surface area contributed by atoms with Crippen molar-refractivity contribution in [2.24, 2.45) is 11.0 Å². The summed E-state index contributed by atoms with van der Waals surface area (Å²) in [5.74, 6) is -1.13. The summed E-state index contributed by atoms with van der Waals surface area (Å²) in [4.78, 5) is 38.5. The van der Waals surface area contributed by atoms with E-state index >= 15 is 0 Å². The molecule has 1 aromatic heterocycles. The lowest BCUT2D eigenvalue weighted by molar-refractivity contribution is -0.136. The number of carbonyl (C=O) groups is 3. The van der Waals surface area contributed by atoms with Gasteiger partial charge in [0, 0.05) is 4.88 Å². The normalized spacial score (nSPS) is 14.6. The predicted octanol–water partition coefficient (Wildman–Crippen LogP) is 4.72. The Kier molecular flexibility index (Phi) is 8.68. The first kappa shape index (κ1) is 26.1. The Labute approximate surface area is 219 Å². The van der Waals surface area contributed by atoms with Crippen molar-refractivity contribution < 1.29 is 23.9 Å². The Hall–Kier alpha value is -3.98. The number of hydrogen-bond donors (Lipinski definition) is 2. The molecule has 0 bridgehead atoms. The summed E-state index contributed by atoms with van der Waals surface area (Å²) in [5, 5.41) is 6.80. The van der Waals surface area contributed by atoms with Crippen molar-refractivity contribution in [3.8, 4) is 5.75 Å². The summed E-state index contributed by atoms with van der Waals surface area (Å²) in [6, 6.07) is 17.0. The molecular weight excluding hydrogens is 490 g/mol. The third-order valence-corrected chi connectivity index (χ3v) is 7.10. The lowest BCUT2D eigenvalue weighted by Gasteiger charge is -2.18. The average molecular weight is 520 g/mol. The SMILES string of the molecule is CCOC(=O)c1c(NC(=O)C(=O)N/N=C\c2ccc(OCc3ccccc3)cc2)sc2c1CC[C@H](C)C2. The van der Waals surface area contributed by atoms with E-state index < -0.39 is 17.8 Å². The van der Waals surface area contributed by atoms with Crippen molar-refractivity contribution in [2.45, 2.75) is 39.7 Å². The van der Waals surface area contributed by atoms with E-state index in [0.717, 1.165) is 40.8 Å². The van der Waals surface area contributed by atoms with Crippen LogP contribution in [0.1, 0.15) is 52.2 Å². The second kappa shape index (κ2) is 12.3. The van der Waals surface area contributed by atoms with Crippen molar-refractivity contribution >= 4 is 40.3 Å². The fourth-order valence-corrected chi connectivity index (χ4v) is 5.42. The van der Waals surface area contributed by atoms with E-state index in [-0.39, 0.29) is 6.61 Å². The van der Waals surface area contributed by atoms with Gasteiger partial charge in [-0.15, -0.1) is 11.3 Å². The third-order valence-electron chi connectivity index (χ3n) is 5.93. The second-order valence-corrected chi connectivity index (χ2v) is 9.88. The molecular formula is C28H29N3O5S. The topological polar surface area (TPSA) is 106 Å². The minimum atomic E-state index is -0.936. The van der Waals surface area contributed by atoms with Crippen molar-refractivity contribution in [2.75, 3.05) is 11.9 Å². The first-order valence-electron chi connectivity index (χ1n) is 12.2. The molecule has 8 nitrogen and oxygen atoms in total. The minimum Gasteiger partial charge on any atom is -0.489 e. The molecule has 3 aromatic rings. The Morgan fingerprint density at radius 3 is 2.57 bits per heavy atom. The summed E-state index contributed by atoms with van der Waals surface area (Å²) >= 11 is 1.33. The lowest BCUT2D eigenvalue weighted by Crippen LogP contribution is -2.32. The van der Waals surface area contributed by atoms with E-state index in [1.807, 2.05) is 30.3 Å². The van der Waals surface area contributed by atoms with E-state index in [4.69, 9.17) is 9.47 Å². The van der Waals surface area contributed by atoms with Gasteiger partial charge in [0.1, 0.15) is 17.4 Å². The lowest BCUT2D eigenvalue weighted by atomic mass is 9.88. The van der Waals surface area contributed by atoms with Gasteiger partial charge < -0.3 is 14.8 Å². The summed E-state index contributed by atoms with van der Waals surface area (Å²) < 4.78 is 11.0. The highest BCUT2D eigenvalue weighted by molar-refractivity contribution is 7.17. The Balaban J connectivity index is 1.33. The van der Waals surface area contributed by atoms with Gasteiger partial charge in [-0.3, -0.25) is 9.59 Å². The molecule has 2 N–H and O–H groups in total. The Morgan fingerprint density at radius 2 is 1.84 bits per heavy atom. The molecule has 0 saturated carbocycles. The van der Waals surface area contributed by atoms with Gasteiger partial charge in [0.25, 0.3) is 0 Å². The van der Waals surface area contributed by atoms with Gasteiger partial charge in [0.15, 0.2) is 0 Å². The number of fused-ring (bicyclic) bond motifs is 1. The van der Waals surface area contributed by atoms with Gasteiger partial charge >= 0.3 is 17.8 Å². The number of amides is 2. The molecule has 37 heavy (non-hydrogen) atoms. The smallest absolute Gasteiger partial charge is 0.341 e. The maximum atomic E-state index is 12.6. The van der Waals surface area contributed by atoms with Crippen molar-refractivity contribution in [1.82, 2.24) is 5.43 Å². The van der Waals surface area contributed by atoms with E-state index in [1.54, 1.807) is 31.2 Å². The summed E-state index contributed by atoms with van der Waals surface area (Å²) in [7, 11) is 0. The molecule has 1 aliphatic rings. The van der Waals surface area contributed by atoms with Crippen LogP contribution in [0.15, 0.2) is 59.7 Å². The molecule has 1 atom stereocenters. The molecule has 1 aliphatic carbocycles. The zero-order valence-corrected chi connectivity index (χ0v) is 21.6. The van der Waals surface area contributed by atoms with Crippen LogP contribution in [0.3, 0.4) is 0 Å². The van der Waals surface area contributed by atoms with E-state index in [1.165, 1.54) is 17.6 Å². The zero-order chi connectivity index (χ0) is 26.2. The minimum absolute atomic E-state index is 0.225. The molecule has 0 fully saturated rings. The summed E-state index contributed by atoms with van der Waals surface area (Å²) in [6.07, 6.45) is 3.96. The number of hydrogen-bond acceptors (Lipinski definition) is 7. The van der Waals surface area contributed by atoms with Crippen molar-refractivity contribution in [3.05, 3.63) is 81.7 Å². The van der Waals surface area contributed by atoms with Gasteiger partial charge in [-0.05, 0) is 73.1 Å². The van der Waals surface area contributed by atoms with E-state index in [2.05, 4.69) is 22.8 Å². The molecule has 0 aliphatic heterocycles. The summed E-state index contributed by atoms with van der Waals surface area (Å²) in [5.41, 5.74) is 5.28. The Morgan fingerprint density at radius 1 is 1.08 bits per heavy atom. The maximum Gasteiger partial charge on any atom is 0.341 e. The van der Waals surface area contributed by atoms with Crippen LogP contribution in [-0.4, -0.2) is 30.6 Å². The number of carbonyl (C=O) groups excluding carboxylic acids is 3. The predicted molar refractivity (Wildman–Crippen MR) is 143 cm³/mol. The quantitative estimate of drug-likeness (QED) is 0.194. The second-order valence-electron chi connectivity index (χ2n) is 8.77. The van der Waals surface area contributed by atoms with Crippen LogP contribution in [0.25, 0.3) is 0 Å². The Bertz CT molecular complexity index is 1290. The van der Waals surface area contributed by atoms with Gasteiger partial charge in [-0.25, -0.2) is 10.2 Å². The van der Waals surface area contributed by atoms with Crippen LogP contribution in [0.4, 0.5) is 5.00 Å². The van der Waals surface area contributed by atoms with E-state index in [9.17, 15) is 14.4 Å². The standard InChI is InChI=1S/C28H29N3O5S/c1-3-35-28(34)24-22-14-9-18(2)15-23(22)37-27(24)30-25(32)26(33)31-29-16-19-10-12-21(13-11-19)36-17-20-7-5-4-6-8-20/h4-8,10-13,16,18H,3,9,14-15,17H2,1-2H3,(H,30,32)(H,31,33)/b29-16-/t18-/m0/s1. The molecule has 192 valence electrons. The van der Waals surface area contributed by atoms with Gasteiger partial charge in [-0.2, -0.15) is 5.10 Å². The number of nitrogens with zero attached hydrogens (tertiary/aromatic N) is 1. The van der Waals surface area contributed by atoms with Crippen LogP contribution < -0.4 is 15.5 Å². The van der Waals surface area contributed by atoms with Crippen LogP contribution in [0, 0.1) is 5.92 Å². The first-order chi connectivity index (χ1) is 17.9. The van der Waals surface area contributed by atoms with E-state index in [0.29, 0.717) is 28.8 Å². The third kappa shape index (κ3) is 6.83. The largest absolute Gasteiger partial charge is 0.489 e. The van der Waals surface area contributed by atoms with Crippen molar-refractivity contribution in [3.63, 3.8) is 0 Å². The molecule has 0 spiro atoms. The summed E-state index contributed by atoms with van der Waals surface area (Å²) in [6.45, 7) is 4.57. The monoisotopic (exact) mass is 519 g/mol. The molecule has 9 heteroatoms. The number of hydrazone groups is 1. The van der Waals surface area contributed by atoms with Crippen LogP contribution in [0.5, 0.6) is 5.75 Å². The molecule has 1 heterocycles. The van der Waals surface area contributed by atoms with Gasteiger partial charge in [0.2, 0.25) is 0 Å². The number of esters is 1. The highest BCUT2D eigenvalue weighted by Crippen LogP contribution is 2.40. The zero-order valence-electron chi connectivity index (χ0n) is 20.8. The number of anilines is 1. The first-order valence-corrected chi connectivity index (χ1v) is 13.0. The fraction of sp³-hybridized carbons (Fsp3) is 0.286. The number of benzene rings is 2. The highest BCUT2D eigenvalue weighted by Gasteiger charge is 2.30. The van der Waals surface area contributed by atoms with Crippen molar-refractivity contribution in [1.29, 1.82) is 0 Å². The highest BCUT2D eigenvalue weighted by atomic mass is 32.1.